The fraction of sp³-hybridized carbons (Fsp3) is 0.375. The van der Waals surface area contributed by atoms with Gasteiger partial charge in [0, 0.05) is 12.2 Å². The molecular formula is C8H13ClN2. The first-order valence-electron chi connectivity index (χ1n) is 3.38. The van der Waals surface area contributed by atoms with Crippen molar-refractivity contribution >= 4 is 12.4 Å². The summed E-state index contributed by atoms with van der Waals surface area (Å²) in [5.41, 5.74) is 7.72. The molecule has 1 aromatic heterocycles. The topological polar surface area (TPSA) is 38.9 Å². The quantitative estimate of drug-likeness (QED) is 0.702. The van der Waals surface area contributed by atoms with Gasteiger partial charge >= 0.3 is 0 Å². The van der Waals surface area contributed by atoms with E-state index in [0.29, 0.717) is 0 Å². The molecule has 0 radical (unpaired) electrons. The van der Waals surface area contributed by atoms with Crippen LogP contribution in [0.2, 0.25) is 0 Å². The van der Waals surface area contributed by atoms with Crippen LogP contribution >= 0.6 is 12.4 Å². The minimum atomic E-state index is 0. The molecule has 0 spiro atoms. The van der Waals surface area contributed by atoms with Gasteiger partial charge in [0.05, 0.1) is 5.69 Å². The van der Waals surface area contributed by atoms with Gasteiger partial charge in [-0.25, -0.2) is 0 Å². The van der Waals surface area contributed by atoms with Crippen LogP contribution in [0.5, 0.6) is 0 Å². The molecule has 0 saturated heterocycles. The van der Waals surface area contributed by atoms with Gasteiger partial charge in [-0.3, -0.25) is 4.98 Å². The highest BCUT2D eigenvalue weighted by Gasteiger charge is 1.97. The number of aromatic nitrogens is 1. The molecule has 0 aliphatic rings. The Bertz CT molecular complexity index is 206. The van der Waals surface area contributed by atoms with Crippen molar-refractivity contribution in [3.05, 3.63) is 29.6 Å². The average Bonchev–Trinajstić information content (AvgIpc) is 1.88. The molecule has 0 saturated carbocycles. The average molecular weight is 173 g/mol. The van der Waals surface area contributed by atoms with Gasteiger partial charge in [-0.05, 0) is 25.5 Å². The molecule has 1 atom stereocenters. The Morgan fingerprint density at radius 3 is 2.45 bits per heavy atom. The lowest BCUT2D eigenvalue weighted by Gasteiger charge is -2.02. The predicted molar refractivity (Wildman–Crippen MR) is 48.8 cm³/mol. The summed E-state index contributed by atoms with van der Waals surface area (Å²) in [6.45, 7) is 3.94. The Hall–Kier alpha value is -0.600. The van der Waals surface area contributed by atoms with E-state index in [1.807, 2.05) is 32.2 Å². The van der Waals surface area contributed by atoms with Crippen molar-refractivity contribution in [2.75, 3.05) is 0 Å². The van der Waals surface area contributed by atoms with Gasteiger partial charge in [0.2, 0.25) is 0 Å². The summed E-state index contributed by atoms with van der Waals surface area (Å²) < 4.78 is 0. The van der Waals surface area contributed by atoms with E-state index in [4.69, 9.17) is 5.73 Å². The second kappa shape index (κ2) is 4.31. The van der Waals surface area contributed by atoms with E-state index in [1.165, 1.54) is 5.56 Å². The molecule has 0 aliphatic heterocycles. The molecule has 0 unspecified atom stereocenters. The Morgan fingerprint density at radius 2 is 2.09 bits per heavy atom. The van der Waals surface area contributed by atoms with Gasteiger partial charge in [-0.2, -0.15) is 0 Å². The third kappa shape index (κ3) is 2.87. The summed E-state index contributed by atoms with van der Waals surface area (Å²) in [5.74, 6) is 0. The Balaban J connectivity index is 0.000001000. The maximum atomic E-state index is 5.60. The zero-order valence-corrected chi connectivity index (χ0v) is 7.56. The van der Waals surface area contributed by atoms with Gasteiger partial charge in [-0.15, -0.1) is 12.4 Å². The Morgan fingerprint density at radius 1 is 1.45 bits per heavy atom. The van der Waals surface area contributed by atoms with Gasteiger partial charge < -0.3 is 5.73 Å². The lowest BCUT2D eigenvalue weighted by atomic mass is 10.2. The van der Waals surface area contributed by atoms with E-state index in [1.54, 1.807) is 0 Å². The standard InChI is InChI=1S/C8H12N2.ClH/c1-6-3-4-8(7(2)9)10-5-6;/h3-5,7H,9H2,1-2H3;1H/t7-;/m1./s1. The molecule has 3 heteroatoms. The Labute approximate surface area is 73.2 Å². The van der Waals surface area contributed by atoms with Crippen molar-refractivity contribution < 1.29 is 0 Å². The third-order valence-electron chi connectivity index (χ3n) is 1.40. The summed E-state index contributed by atoms with van der Waals surface area (Å²) >= 11 is 0. The number of rotatable bonds is 1. The first-order chi connectivity index (χ1) is 4.70. The molecule has 0 aromatic carbocycles. The fourth-order valence-corrected chi connectivity index (χ4v) is 0.749. The lowest BCUT2D eigenvalue weighted by molar-refractivity contribution is 0.780. The van der Waals surface area contributed by atoms with Crippen LogP contribution in [0.1, 0.15) is 24.2 Å². The van der Waals surface area contributed by atoms with Gasteiger partial charge in [0.1, 0.15) is 0 Å². The minimum Gasteiger partial charge on any atom is -0.323 e. The van der Waals surface area contributed by atoms with Crippen LogP contribution in [0.4, 0.5) is 0 Å². The molecule has 0 aliphatic carbocycles. The minimum absolute atomic E-state index is 0. The summed E-state index contributed by atoms with van der Waals surface area (Å²) in [7, 11) is 0. The van der Waals surface area contributed by atoms with Crippen LogP contribution in [0, 0.1) is 6.92 Å². The number of halogens is 1. The molecule has 2 nitrogen and oxygen atoms in total. The van der Waals surface area contributed by atoms with Crippen LogP contribution in [-0.2, 0) is 0 Å². The zero-order valence-electron chi connectivity index (χ0n) is 6.74. The summed E-state index contributed by atoms with van der Waals surface area (Å²) in [4.78, 5) is 4.15. The van der Waals surface area contributed by atoms with E-state index >= 15 is 0 Å². The van der Waals surface area contributed by atoms with Crippen LogP contribution < -0.4 is 5.73 Å². The molecule has 0 amide bonds. The van der Waals surface area contributed by atoms with Gasteiger partial charge in [-0.1, -0.05) is 6.07 Å². The molecule has 0 fully saturated rings. The first-order valence-corrected chi connectivity index (χ1v) is 3.38. The number of pyridine rings is 1. The number of hydrogen-bond donors (Lipinski definition) is 1. The molecule has 0 bridgehead atoms. The van der Waals surface area contributed by atoms with E-state index in [2.05, 4.69) is 4.98 Å². The van der Waals surface area contributed by atoms with Crippen molar-refractivity contribution in [1.82, 2.24) is 4.98 Å². The van der Waals surface area contributed by atoms with Crippen LogP contribution in [-0.4, -0.2) is 4.98 Å². The smallest absolute Gasteiger partial charge is 0.0568 e. The summed E-state index contributed by atoms with van der Waals surface area (Å²) in [6, 6.07) is 4.02. The van der Waals surface area contributed by atoms with Crippen molar-refractivity contribution in [2.24, 2.45) is 5.73 Å². The Kier molecular flexibility index (Phi) is 4.08. The largest absolute Gasteiger partial charge is 0.323 e. The highest BCUT2D eigenvalue weighted by Crippen LogP contribution is 2.05. The number of aryl methyl sites for hydroxylation is 1. The number of nitrogens with zero attached hydrogens (tertiary/aromatic N) is 1. The molecular weight excluding hydrogens is 160 g/mol. The van der Waals surface area contributed by atoms with Gasteiger partial charge in [0.25, 0.3) is 0 Å². The van der Waals surface area contributed by atoms with E-state index < -0.39 is 0 Å². The first kappa shape index (κ1) is 10.4. The lowest BCUT2D eigenvalue weighted by Crippen LogP contribution is -2.06. The van der Waals surface area contributed by atoms with Crippen molar-refractivity contribution in [1.29, 1.82) is 0 Å². The van der Waals surface area contributed by atoms with Crippen LogP contribution in [0.3, 0.4) is 0 Å². The fourth-order valence-electron chi connectivity index (χ4n) is 0.749. The third-order valence-corrected chi connectivity index (χ3v) is 1.40. The SMILES string of the molecule is Cc1ccc([C@@H](C)N)nc1.Cl. The van der Waals surface area contributed by atoms with Crippen molar-refractivity contribution in [2.45, 2.75) is 19.9 Å². The van der Waals surface area contributed by atoms with Crippen LogP contribution in [0.15, 0.2) is 18.3 Å². The normalized spacial score (nSPS) is 11.9. The molecule has 1 aromatic rings. The van der Waals surface area contributed by atoms with E-state index in [-0.39, 0.29) is 18.4 Å². The molecule has 62 valence electrons. The zero-order chi connectivity index (χ0) is 7.56. The second-order valence-corrected chi connectivity index (χ2v) is 2.55. The molecule has 1 heterocycles. The van der Waals surface area contributed by atoms with E-state index in [9.17, 15) is 0 Å². The summed E-state index contributed by atoms with van der Waals surface area (Å²) in [6.07, 6.45) is 1.83. The van der Waals surface area contributed by atoms with Crippen molar-refractivity contribution in [3.63, 3.8) is 0 Å². The summed E-state index contributed by atoms with van der Waals surface area (Å²) in [5, 5.41) is 0. The monoisotopic (exact) mass is 172 g/mol. The molecule has 1 rings (SSSR count). The predicted octanol–water partition coefficient (Wildman–Crippen LogP) is 1.83. The maximum Gasteiger partial charge on any atom is 0.0568 e. The van der Waals surface area contributed by atoms with E-state index in [0.717, 1.165) is 5.69 Å². The maximum absolute atomic E-state index is 5.60. The highest BCUT2D eigenvalue weighted by molar-refractivity contribution is 5.85. The second-order valence-electron chi connectivity index (χ2n) is 2.55. The highest BCUT2D eigenvalue weighted by atomic mass is 35.5. The molecule has 11 heavy (non-hydrogen) atoms. The van der Waals surface area contributed by atoms with Crippen molar-refractivity contribution in [3.8, 4) is 0 Å². The molecule has 2 N–H and O–H groups in total. The van der Waals surface area contributed by atoms with Gasteiger partial charge in [0.15, 0.2) is 0 Å². The number of nitrogens with two attached hydrogens (primary N) is 1. The van der Waals surface area contributed by atoms with Crippen LogP contribution in [0.25, 0.3) is 0 Å². The number of hydrogen-bond acceptors (Lipinski definition) is 2.